The van der Waals surface area contributed by atoms with Gasteiger partial charge in [0.25, 0.3) is 11.6 Å². The molecule has 4 heterocycles. The first-order chi connectivity index (χ1) is 29.3. The Morgan fingerprint density at radius 3 is 1.56 bits per heavy atom. The Bertz CT molecular complexity index is 2610. The number of fused-ring (bicyclic) bond motifs is 6. The van der Waals surface area contributed by atoms with E-state index in [0.29, 0.717) is 19.6 Å². The number of carbonyl (C=O) groups excluding carboxylic acids is 4. The van der Waals surface area contributed by atoms with Gasteiger partial charge in [0.2, 0.25) is 13.5 Å². The van der Waals surface area contributed by atoms with Crippen molar-refractivity contribution in [3.05, 3.63) is 107 Å². The molecule has 2 aliphatic rings. The monoisotopic (exact) mass is 904 g/mol. The van der Waals surface area contributed by atoms with Crippen LogP contribution in [0.15, 0.2) is 73.3 Å². The highest BCUT2D eigenvalue weighted by Gasteiger charge is 2.35. The third-order valence-corrected chi connectivity index (χ3v) is 12.9. The summed E-state index contributed by atoms with van der Waals surface area (Å²) in [5.74, 6) is 1.19. The minimum atomic E-state index is -0.317. The zero-order chi connectivity index (χ0) is 43.5. The van der Waals surface area contributed by atoms with Gasteiger partial charge in [-0.15, -0.1) is 24.8 Å². The van der Waals surface area contributed by atoms with Crippen LogP contribution < -0.4 is 20.2 Å². The summed E-state index contributed by atoms with van der Waals surface area (Å²) < 4.78 is 23.0. The fraction of sp³-hybridized carbons (Fsp3) is 0.447. The number of nitrogens with zero attached hydrogens (tertiary/aromatic N) is 6. The van der Waals surface area contributed by atoms with Crippen LogP contribution in [0, 0.1) is 37.5 Å². The summed E-state index contributed by atoms with van der Waals surface area (Å²) in [5.41, 5.74) is 11.8. The molecule has 4 atom stereocenters. The van der Waals surface area contributed by atoms with Crippen molar-refractivity contribution < 1.29 is 37.8 Å². The molecule has 0 radical (unpaired) electrons. The predicted molar refractivity (Wildman–Crippen MR) is 245 cm³/mol. The summed E-state index contributed by atoms with van der Waals surface area (Å²) in [7, 11) is 5.91. The lowest BCUT2D eigenvalue weighted by Crippen LogP contribution is -2.39. The molecule has 0 bridgehead atoms. The first-order valence-corrected chi connectivity index (χ1v) is 21.3. The Morgan fingerprint density at radius 1 is 0.730 bits per heavy atom. The number of nitrogens with two attached hydrogens (primary N) is 1. The molecule has 14 nitrogen and oxygen atoms in total. The van der Waals surface area contributed by atoms with Crippen LogP contribution in [0.1, 0.15) is 70.4 Å². The number of halogens is 2. The number of aryl methyl sites for hydroxylation is 2. The molecule has 0 spiro atoms. The average Bonchev–Trinajstić information content (AvgIpc) is 3.98. The quantitative estimate of drug-likeness (QED) is 0.117. The zero-order valence-electron chi connectivity index (χ0n) is 37.3. The molecule has 2 aliphatic carbocycles. The van der Waals surface area contributed by atoms with Crippen molar-refractivity contribution in [3.63, 3.8) is 0 Å². The van der Waals surface area contributed by atoms with Gasteiger partial charge >= 0.3 is 11.9 Å². The van der Waals surface area contributed by atoms with Gasteiger partial charge in [-0.3, -0.25) is 19.2 Å². The maximum atomic E-state index is 13.4. The van der Waals surface area contributed by atoms with Crippen molar-refractivity contribution in [1.82, 2.24) is 23.6 Å². The van der Waals surface area contributed by atoms with Gasteiger partial charge in [0, 0.05) is 85.4 Å². The molecule has 0 amide bonds. The highest BCUT2D eigenvalue weighted by atomic mass is 35.5. The molecule has 6 aromatic rings. The topological polar surface area (TPSA) is 152 Å². The van der Waals surface area contributed by atoms with E-state index in [1.54, 1.807) is 6.92 Å². The number of hydrogen-bond donors (Lipinski definition) is 2. The Balaban J connectivity index is 0.000000230. The van der Waals surface area contributed by atoms with Gasteiger partial charge in [-0.05, 0) is 44.9 Å². The minimum absolute atomic E-state index is 0. The zero-order valence-corrected chi connectivity index (χ0v) is 39.0. The number of benzene rings is 2. The molecule has 3 N–H and O–H groups in total. The fourth-order valence-corrected chi connectivity index (χ4v) is 8.92. The van der Waals surface area contributed by atoms with Crippen LogP contribution in [0.4, 0.5) is 0 Å². The Hall–Kier alpha value is -5.28. The Kier molecular flexibility index (Phi) is 16.2. The summed E-state index contributed by atoms with van der Waals surface area (Å²) >= 11 is 0. The van der Waals surface area contributed by atoms with Crippen LogP contribution in [0.5, 0.6) is 0 Å². The van der Waals surface area contributed by atoms with E-state index in [4.69, 9.17) is 15.2 Å². The minimum Gasteiger partial charge on any atom is -0.424 e. The molecule has 4 unspecified atom stereocenters. The highest BCUT2D eigenvalue weighted by Crippen LogP contribution is 2.36. The summed E-state index contributed by atoms with van der Waals surface area (Å²) in [5, 5.41) is 5.08. The lowest BCUT2D eigenvalue weighted by Gasteiger charge is -2.21. The fourth-order valence-electron chi connectivity index (χ4n) is 8.92. The number of Topliss-reactive ketones (excluding diaryl/α,β-unsaturated/α-hetero) is 2. The van der Waals surface area contributed by atoms with Gasteiger partial charge in [-0.1, -0.05) is 50.2 Å². The standard InChI is InChI=1S/C24H31N4O3.C23H29N4O3.2ClH/c1-16(13-25-3)24(30)31-15-28-12-11-27(17(28)2)14-18-9-10-21-22(23(18)29)19-7-5-6-8-20(19)26(21)4;1-15(12-24)23(29)30-14-27-11-10-26(16(27)2)13-17-8-9-20-21(22(17)28)18-6-4-5-7-19(18)25(20)3;;/h5-8,11-12,16,18,25H,9-10,13-15H2,1-4H3;4-7,10-11,15,17H,8-9,12-14,24H2,1-3H3;2*1H/q2*+1;;. The van der Waals surface area contributed by atoms with Gasteiger partial charge < -0.3 is 29.7 Å². The Morgan fingerprint density at radius 2 is 1.14 bits per heavy atom. The number of nitrogens with one attached hydrogen (secondary N) is 1. The first kappa shape index (κ1) is 48.7. The molecule has 0 fully saturated rings. The van der Waals surface area contributed by atoms with E-state index in [2.05, 4.69) is 35.7 Å². The van der Waals surface area contributed by atoms with E-state index in [1.807, 2.05) is 112 Å². The second-order valence-corrected chi connectivity index (χ2v) is 16.7. The summed E-state index contributed by atoms with van der Waals surface area (Å²) in [4.78, 5) is 50.7. The van der Waals surface area contributed by atoms with Crippen LogP contribution in [-0.4, -0.2) is 61.9 Å². The SMILES string of the molecule is CNCC(C)C(=O)OC[n+]1ccn(CC2CCc3c(c4ccccc4n3C)C2=O)c1C.Cc1n(CC2CCc3c(c4ccccc4n3C)C2=O)cc[n+]1COC(=O)C(C)CN.Cl.Cl. The molecule has 0 saturated carbocycles. The van der Waals surface area contributed by atoms with Gasteiger partial charge in [-0.2, -0.15) is 9.13 Å². The van der Waals surface area contributed by atoms with Crippen molar-refractivity contribution >= 4 is 70.1 Å². The third kappa shape index (κ3) is 9.79. The van der Waals surface area contributed by atoms with Gasteiger partial charge in [0.05, 0.1) is 23.7 Å². The molecule has 0 saturated heterocycles. The highest BCUT2D eigenvalue weighted by molar-refractivity contribution is 6.12. The molecule has 0 aliphatic heterocycles. The molecule has 4 aromatic heterocycles. The second kappa shape index (κ2) is 20.9. The normalized spacial score (nSPS) is 16.6. The lowest BCUT2D eigenvalue weighted by atomic mass is 9.85. The number of esters is 2. The number of aromatic nitrogens is 6. The van der Waals surface area contributed by atoms with Gasteiger partial charge in [0.1, 0.15) is 37.9 Å². The number of carbonyl (C=O) groups is 4. The van der Waals surface area contributed by atoms with Crippen molar-refractivity contribution in [1.29, 1.82) is 0 Å². The van der Waals surface area contributed by atoms with Crippen LogP contribution in [0.25, 0.3) is 21.8 Å². The first-order valence-electron chi connectivity index (χ1n) is 21.3. The van der Waals surface area contributed by atoms with Crippen molar-refractivity contribution in [2.75, 3.05) is 20.1 Å². The van der Waals surface area contributed by atoms with E-state index in [-0.39, 0.29) is 92.0 Å². The van der Waals surface area contributed by atoms with Crippen molar-refractivity contribution in [3.8, 4) is 0 Å². The number of ether oxygens (including phenoxy) is 2. The van der Waals surface area contributed by atoms with Crippen LogP contribution in [-0.2, 0) is 72.6 Å². The van der Waals surface area contributed by atoms with E-state index in [0.717, 1.165) is 81.7 Å². The van der Waals surface area contributed by atoms with Gasteiger partial charge in [0.15, 0.2) is 11.6 Å². The van der Waals surface area contributed by atoms with Crippen molar-refractivity contribution in [2.45, 2.75) is 79.9 Å². The summed E-state index contributed by atoms with van der Waals surface area (Å²) in [6.07, 6.45) is 11.2. The predicted octanol–water partition coefficient (Wildman–Crippen LogP) is 5.34. The molecular formula is C47H62Cl2N8O6+2. The summed E-state index contributed by atoms with van der Waals surface area (Å²) in [6.45, 7) is 9.98. The maximum absolute atomic E-state index is 13.4. The molecular weight excluding hydrogens is 843 g/mol. The van der Waals surface area contributed by atoms with E-state index in [1.165, 1.54) is 0 Å². The molecule has 8 rings (SSSR count). The number of imidazole rings is 2. The molecule has 16 heteroatoms. The second-order valence-electron chi connectivity index (χ2n) is 16.7. The Labute approximate surface area is 381 Å². The van der Waals surface area contributed by atoms with Crippen LogP contribution in [0.3, 0.4) is 0 Å². The number of para-hydroxylation sites is 2. The smallest absolute Gasteiger partial charge is 0.313 e. The summed E-state index contributed by atoms with van der Waals surface area (Å²) in [6, 6.07) is 16.3. The van der Waals surface area contributed by atoms with Crippen LogP contribution in [0.2, 0.25) is 0 Å². The maximum Gasteiger partial charge on any atom is 0.313 e. The van der Waals surface area contributed by atoms with Crippen LogP contribution >= 0.6 is 24.8 Å². The number of hydrogen-bond acceptors (Lipinski definition) is 8. The third-order valence-electron chi connectivity index (χ3n) is 12.9. The molecule has 2 aromatic carbocycles. The largest absolute Gasteiger partial charge is 0.424 e. The van der Waals surface area contributed by atoms with E-state index >= 15 is 0 Å². The van der Waals surface area contributed by atoms with Gasteiger partial charge in [-0.25, -0.2) is 9.13 Å². The van der Waals surface area contributed by atoms with Crippen molar-refractivity contribution in [2.24, 2.45) is 43.5 Å². The number of ketones is 2. The number of rotatable bonds is 13. The van der Waals surface area contributed by atoms with E-state index < -0.39 is 0 Å². The molecule has 63 heavy (non-hydrogen) atoms. The lowest BCUT2D eigenvalue weighted by molar-refractivity contribution is -0.733. The molecule has 338 valence electrons. The average molecular weight is 906 g/mol. The van der Waals surface area contributed by atoms with E-state index in [9.17, 15) is 19.2 Å².